The average molecular weight is 282 g/mol. The highest BCUT2D eigenvalue weighted by molar-refractivity contribution is 5.49. The van der Waals surface area contributed by atoms with Crippen LogP contribution in [0.25, 0.3) is 0 Å². The third kappa shape index (κ3) is 2.32. The fourth-order valence-corrected chi connectivity index (χ4v) is 3.60. The molecule has 1 aliphatic carbocycles. The summed E-state index contributed by atoms with van der Waals surface area (Å²) in [6, 6.07) is 0.845. The first kappa shape index (κ1) is 13.5. The summed E-state index contributed by atoms with van der Waals surface area (Å²) in [4.78, 5) is 5.87. The summed E-state index contributed by atoms with van der Waals surface area (Å²) in [5.74, 6) is 3.91. The molecule has 20 heavy (non-hydrogen) atoms. The van der Waals surface area contributed by atoms with Crippen molar-refractivity contribution in [3.05, 3.63) is 17.7 Å². The maximum atomic E-state index is 13.9. The van der Waals surface area contributed by atoms with Gasteiger partial charge in [0.15, 0.2) is 23.3 Å². The number of hydrogen-bond acceptors (Lipinski definition) is 4. The number of nitrogens with two attached hydrogens (primary N) is 1. The Morgan fingerprint density at radius 1 is 1.10 bits per heavy atom. The van der Waals surface area contributed by atoms with Gasteiger partial charge in [0, 0.05) is 19.2 Å². The molecule has 2 heterocycles. The number of anilines is 2. The molecule has 1 saturated heterocycles. The van der Waals surface area contributed by atoms with Crippen LogP contribution in [0.2, 0.25) is 0 Å². The largest absolute Gasteiger partial charge is 0.354 e. The van der Waals surface area contributed by atoms with Crippen molar-refractivity contribution in [1.29, 1.82) is 0 Å². The SMILES string of the molecule is NNc1nc(N2CCC3(CCCC3)CC2)c(F)cc1F. The Balaban J connectivity index is 1.77. The Hall–Kier alpha value is -1.43. The second-order valence-corrected chi connectivity index (χ2v) is 5.96. The van der Waals surface area contributed by atoms with Crippen LogP contribution in [0.1, 0.15) is 38.5 Å². The summed E-state index contributed by atoms with van der Waals surface area (Å²) in [6.45, 7) is 1.55. The molecule has 110 valence electrons. The Bertz CT molecular complexity index is 490. The number of halogens is 2. The number of nitrogen functional groups attached to an aromatic ring is 1. The molecule has 1 saturated carbocycles. The molecule has 0 aromatic carbocycles. The molecule has 3 rings (SSSR count). The summed E-state index contributed by atoms with van der Waals surface area (Å²) < 4.78 is 27.3. The van der Waals surface area contributed by atoms with Gasteiger partial charge >= 0.3 is 0 Å². The molecule has 2 aliphatic rings. The number of nitrogens with zero attached hydrogens (tertiary/aromatic N) is 2. The lowest BCUT2D eigenvalue weighted by atomic mass is 9.77. The van der Waals surface area contributed by atoms with Crippen LogP contribution < -0.4 is 16.2 Å². The first-order chi connectivity index (χ1) is 9.63. The van der Waals surface area contributed by atoms with Gasteiger partial charge in [-0.1, -0.05) is 12.8 Å². The third-order valence-corrected chi connectivity index (χ3v) is 4.84. The summed E-state index contributed by atoms with van der Waals surface area (Å²) in [5, 5.41) is 0. The second-order valence-electron chi connectivity index (χ2n) is 5.96. The van der Waals surface area contributed by atoms with Crippen molar-refractivity contribution >= 4 is 11.6 Å². The van der Waals surface area contributed by atoms with Crippen LogP contribution in [0.4, 0.5) is 20.4 Å². The van der Waals surface area contributed by atoms with Crippen LogP contribution in [-0.4, -0.2) is 18.1 Å². The number of piperidine rings is 1. The smallest absolute Gasteiger partial charge is 0.178 e. The van der Waals surface area contributed by atoms with Crippen LogP contribution in [-0.2, 0) is 0 Å². The number of nitrogens with one attached hydrogen (secondary N) is 1. The summed E-state index contributed by atoms with van der Waals surface area (Å²) in [7, 11) is 0. The van der Waals surface area contributed by atoms with E-state index >= 15 is 0 Å². The van der Waals surface area contributed by atoms with Crippen molar-refractivity contribution in [3.63, 3.8) is 0 Å². The monoisotopic (exact) mass is 282 g/mol. The molecule has 6 heteroatoms. The fraction of sp³-hybridized carbons (Fsp3) is 0.643. The lowest BCUT2D eigenvalue weighted by Crippen LogP contribution is -2.39. The van der Waals surface area contributed by atoms with Crippen molar-refractivity contribution < 1.29 is 8.78 Å². The predicted octanol–water partition coefficient (Wildman–Crippen LogP) is 2.81. The van der Waals surface area contributed by atoms with E-state index in [2.05, 4.69) is 10.4 Å². The van der Waals surface area contributed by atoms with Crippen molar-refractivity contribution in [1.82, 2.24) is 4.98 Å². The minimum atomic E-state index is -0.766. The van der Waals surface area contributed by atoms with Crippen LogP contribution in [0, 0.1) is 17.0 Å². The van der Waals surface area contributed by atoms with Crippen molar-refractivity contribution in [3.8, 4) is 0 Å². The van der Waals surface area contributed by atoms with E-state index in [1.165, 1.54) is 25.7 Å². The van der Waals surface area contributed by atoms with Crippen molar-refractivity contribution in [2.75, 3.05) is 23.4 Å². The molecule has 0 amide bonds. The highest BCUT2D eigenvalue weighted by Crippen LogP contribution is 2.46. The van der Waals surface area contributed by atoms with Crippen LogP contribution in [0.3, 0.4) is 0 Å². The standard InChI is InChI=1S/C14H20F2N4/c15-10-9-11(16)13(18-12(10)19-17)20-7-5-14(6-8-20)3-1-2-4-14/h9H,1-8,17H2,(H,18,19). The van der Waals surface area contributed by atoms with Gasteiger partial charge < -0.3 is 10.3 Å². The van der Waals surface area contributed by atoms with Gasteiger partial charge in [0.25, 0.3) is 0 Å². The topological polar surface area (TPSA) is 54.2 Å². The Morgan fingerprint density at radius 2 is 1.75 bits per heavy atom. The molecular formula is C14H20F2N4. The van der Waals surface area contributed by atoms with Gasteiger partial charge in [-0.15, -0.1) is 0 Å². The van der Waals surface area contributed by atoms with Gasteiger partial charge in [-0.3, -0.25) is 0 Å². The van der Waals surface area contributed by atoms with E-state index in [0.717, 1.165) is 32.0 Å². The van der Waals surface area contributed by atoms with E-state index < -0.39 is 11.6 Å². The van der Waals surface area contributed by atoms with Gasteiger partial charge in [0.1, 0.15) is 0 Å². The lowest BCUT2D eigenvalue weighted by Gasteiger charge is -2.40. The van der Waals surface area contributed by atoms with E-state index in [1.54, 1.807) is 0 Å². The summed E-state index contributed by atoms with van der Waals surface area (Å²) in [5.41, 5.74) is 2.63. The lowest BCUT2D eigenvalue weighted by molar-refractivity contribution is 0.225. The molecule has 0 bridgehead atoms. The van der Waals surface area contributed by atoms with Crippen molar-refractivity contribution in [2.45, 2.75) is 38.5 Å². The number of pyridine rings is 1. The average Bonchev–Trinajstić information content (AvgIpc) is 2.89. The van der Waals surface area contributed by atoms with E-state index in [1.807, 2.05) is 4.90 Å². The van der Waals surface area contributed by atoms with Gasteiger partial charge in [-0.25, -0.2) is 19.6 Å². The van der Waals surface area contributed by atoms with Crippen LogP contribution in [0.15, 0.2) is 6.07 Å². The summed E-state index contributed by atoms with van der Waals surface area (Å²) in [6.07, 6.45) is 7.33. The zero-order valence-corrected chi connectivity index (χ0v) is 11.5. The Labute approximate surface area is 117 Å². The molecule has 0 unspecified atom stereocenters. The van der Waals surface area contributed by atoms with Gasteiger partial charge in [-0.05, 0) is 31.1 Å². The second kappa shape index (κ2) is 5.16. The quantitative estimate of drug-likeness (QED) is 0.647. The zero-order valence-electron chi connectivity index (χ0n) is 11.5. The molecule has 0 atom stereocenters. The van der Waals surface area contributed by atoms with Crippen LogP contribution in [0.5, 0.6) is 0 Å². The number of hydrazine groups is 1. The molecule has 1 aromatic heterocycles. The highest BCUT2D eigenvalue weighted by atomic mass is 19.1. The molecule has 1 aliphatic heterocycles. The summed E-state index contributed by atoms with van der Waals surface area (Å²) >= 11 is 0. The molecular weight excluding hydrogens is 262 g/mol. The van der Waals surface area contributed by atoms with Gasteiger partial charge in [0.2, 0.25) is 0 Å². The molecule has 1 aromatic rings. The number of hydrogen-bond donors (Lipinski definition) is 2. The van der Waals surface area contributed by atoms with E-state index in [0.29, 0.717) is 5.41 Å². The predicted molar refractivity (Wildman–Crippen MR) is 74.3 cm³/mol. The molecule has 1 spiro atoms. The molecule has 4 nitrogen and oxygen atoms in total. The highest BCUT2D eigenvalue weighted by Gasteiger charge is 2.37. The third-order valence-electron chi connectivity index (χ3n) is 4.84. The minimum absolute atomic E-state index is 0.109. The molecule has 3 N–H and O–H groups in total. The maximum absolute atomic E-state index is 13.9. The maximum Gasteiger partial charge on any atom is 0.178 e. The van der Waals surface area contributed by atoms with E-state index in [9.17, 15) is 8.78 Å². The zero-order chi connectivity index (χ0) is 14.2. The van der Waals surface area contributed by atoms with Gasteiger partial charge in [0.05, 0.1) is 0 Å². The Kier molecular flexibility index (Phi) is 3.50. The Morgan fingerprint density at radius 3 is 2.35 bits per heavy atom. The normalized spacial score (nSPS) is 21.4. The van der Waals surface area contributed by atoms with E-state index in [4.69, 9.17) is 5.84 Å². The number of rotatable bonds is 2. The van der Waals surface area contributed by atoms with Gasteiger partial charge in [-0.2, -0.15) is 0 Å². The first-order valence-electron chi connectivity index (χ1n) is 7.21. The minimum Gasteiger partial charge on any atom is -0.354 e. The van der Waals surface area contributed by atoms with E-state index in [-0.39, 0.29) is 11.6 Å². The molecule has 2 fully saturated rings. The first-order valence-corrected chi connectivity index (χ1v) is 7.21. The molecule has 0 radical (unpaired) electrons. The van der Waals surface area contributed by atoms with Crippen molar-refractivity contribution in [2.24, 2.45) is 11.3 Å². The number of aromatic nitrogens is 1. The fourth-order valence-electron chi connectivity index (χ4n) is 3.60. The van der Waals surface area contributed by atoms with Crippen LogP contribution >= 0.6 is 0 Å².